The average Bonchev–Trinajstić information content (AvgIpc) is 3.15. The molecule has 1 aromatic heterocycles. The van der Waals surface area contributed by atoms with Crippen molar-refractivity contribution in [3.05, 3.63) is 94.8 Å². The molecule has 5 rings (SSSR count). The number of ether oxygens (including phenoxy) is 1. The minimum absolute atomic E-state index is 0.263. The molecular formula is C28H26F2N2O4S. The first-order chi connectivity index (χ1) is 17.7. The van der Waals surface area contributed by atoms with Crippen molar-refractivity contribution in [1.29, 1.82) is 0 Å². The van der Waals surface area contributed by atoms with Crippen molar-refractivity contribution in [2.75, 3.05) is 26.0 Å². The van der Waals surface area contributed by atoms with Gasteiger partial charge < -0.3 is 4.74 Å². The Morgan fingerprint density at radius 1 is 0.973 bits per heavy atom. The van der Waals surface area contributed by atoms with Crippen LogP contribution in [0.2, 0.25) is 0 Å². The monoisotopic (exact) mass is 524 g/mol. The molecule has 3 aromatic rings. The van der Waals surface area contributed by atoms with Crippen LogP contribution < -0.4 is 4.74 Å². The van der Waals surface area contributed by atoms with E-state index in [1.165, 1.54) is 22.7 Å². The number of Topliss-reactive ketones (excluding diaryl/α,β-unsaturated/α-hetero) is 1. The second-order valence-corrected chi connectivity index (χ2v) is 11.4. The van der Waals surface area contributed by atoms with E-state index in [4.69, 9.17) is 4.74 Å². The van der Waals surface area contributed by atoms with Gasteiger partial charge in [-0.2, -0.15) is 0 Å². The molecule has 192 valence electrons. The summed E-state index contributed by atoms with van der Waals surface area (Å²) in [5.41, 5.74) is 2.61. The Morgan fingerprint density at radius 2 is 1.70 bits per heavy atom. The fourth-order valence-corrected chi connectivity index (χ4v) is 5.93. The van der Waals surface area contributed by atoms with E-state index in [2.05, 4.69) is 4.98 Å². The summed E-state index contributed by atoms with van der Waals surface area (Å²) < 4.78 is 59.1. The third-order valence-electron chi connectivity index (χ3n) is 6.92. The van der Waals surface area contributed by atoms with Crippen molar-refractivity contribution in [2.24, 2.45) is 5.92 Å². The summed E-state index contributed by atoms with van der Waals surface area (Å²) in [5, 5.41) is 0. The number of piperidine rings is 1. The highest BCUT2D eigenvalue weighted by molar-refractivity contribution is 7.88. The van der Waals surface area contributed by atoms with Crippen LogP contribution >= 0.6 is 0 Å². The van der Waals surface area contributed by atoms with Crippen molar-refractivity contribution in [2.45, 2.75) is 19.3 Å². The first kappa shape index (κ1) is 25.2. The molecule has 2 heterocycles. The Kier molecular flexibility index (Phi) is 6.92. The maximum atomic E-state index is 14.1. The highest BCUT2D eigenvalue weighted by Gasteiger charge is 2.32. The standard InChI is InChI=1S/C28H26F2N2O4S/c1-37(34,35)32-10-6-18(7-11-32)8-12-36-23-4-5-24-25(16-23)28(33)27(19-3-2-9-31-17-19)26(24)20-13-21(29)15-22(30)14-20/h2-5,9,13-18H,6-8,10-12H2,1H3. The number of hydrogen-bond donors (Lipinski definition) is 0. The van der Waals surface area contributed by atoms with Crippen LogP contribution in [0.1, 0.15) is 46.3 Å². The summed E-state index contributed by atoms with van der Waals surface area (Å²) in [6.07, 6.45) is 6.72. The normalized spacial score (nSPS) is 16.8. The van der Waals surface area contributed by atoms with Gasteiger partial charge in [-0.1, -0.05) is 6.07 Å². The maximum absolute atomic E-state index is 14.1. The van der Waals surface area contributed by atoms with Crippen molar-refractivity contribution >= 4 is 27.0 Å². The van der Waals surface area contributed by atoms with Crippen molar-refractivity contribution in [3.8, 4) is 5.75 Å². The molecule has 37 heavy (non-hydrogen) atoms. The lowest BCUT2D eigenvalue weighted by Gasteiger charge is -2.30. The van der Waals surface area contributed by atoms with Gasteiger partial charge in [-0.3, -0.25) is 9.78 Å². The van der Waals surface area contributed by atoms with Gasteiger partial charge in [0.15, 0.2) is 5.78 Å². The molecule has 1 saturated heterocycles. The summed E-state index contributed by atoms with van der Waals surface area (Å²) in [7, 11) is -3.16. The molecule has 0 spiro atoms. The van der Waals surface area contributed by atoms with Crippen molar-refractivity contribution in [1.82, 2.24) is 9.29 Å². The van der Waals surface area contributed by atoms with Crippen LogP contribution in [0.25, 0.3) is 11.1 Å². The second kappa shape index (κ2) is 10.1. The second-order valence-electron chi connectivity index (χ2n) is 9.43. The van der Waals surface area contributed by atoms with Gasteiger partial charge in [0.2, 0.25) is 10.0 Å². The van der Waals surface area contributed by atoms with Crippen LogP contribution in [-0.2, 0) is 10.0 Å². The van der Waals surface area contributed by atoms with Gasteiger partial charge in [-0.05, 0) is 72.7 Å². The predicted octanol–water partition coefficient (Wildman–Crippen LogP) is 4.96. The van der Waals surface area contributed by atoms with Crippen LogP contribution in [0.3, 0.4) is 0 Å². The number of aromatic nitrogens is 1. The Bertz CT molecular complexity index is 1460. The van der Waals surface area contributed by atoms with Gasteiger partial charge in [-0.15, -0.1) is 0 Å². The van der Waals surface area contributed by atoms with E-state index in [-0.39, 0.29) is 11.3 Å². The van der Waals surface area contributed by atoms with Gasteiger partial charge in [0.25, 0.3) is 0 Å². The summed E-state index contributed by atoms with van der Waals surface area (Å²) in [5.74, 6) is -0.825. The van der Waals surface area contributed by atoms with Gasteiger partial charge in [0.1, 0.15) is 17.4 Å². The largest absolute Gasteiger partial charge is 0.494 e. The van der Waals surface area contributed by atoms with E-state index in [1.54, 1.807) is 42.7 Å². The molecule has 1 aliphatic carbocycles. The van der Waals surface area contributed by atoms with Crippen LogP contribution in [0.5, 0.6) is 5.75 Å². The molecule has 0 unspecified atom stereocenters. The number of benzene rings is 2. The maximum Gasteiger partial charge on any atom is 0.211 e. The Balaban J connectivity index is 1.36. The summed E-state index contributed by atoms with van der Waals surface area (Å²) >= 11 is 0. The number of rotatable bonds is 7. The summed E-state index contributed by atoms with van der Waals surface area (Å²) in [6, 6.07) is 11.9. The third kappa shape index (κ3) is 5.33. The molecule has 1 aliphatic heterocycles. The highest BCUT2D eigenvalue weighted by atomic mass is 32.2. The number of allylic oxidation sites excluding steroid dienone is 1. The number of sulfonamides is 1. The zero-order chi connectivity index (χ0) is 26.2. The minimum Gasteiger partial charge on any atom is -0.494 e. The topological polar surface area (TPSA) is 76.6 Å². The van der Waals surface area contributed by atoms with E-state index in [0.29, 0.717) is 59.2 Å². The quantitative estimate of drug-likeness (QED) is 0.437. The Hall–Kier alpha value is -3.43. The lowest BCUT2D eigenvalue weighted by molar-refractivity contribution is 0.105. The number of carbonyl (C=O) groups excluding carboxylic acids is 1. The first-order valence-electron chi connectivity index (χ1n) is 12.1. The number of pyridine rings is 1. The van der Waals surface area contributed by atoms with E-state index in [0.717, 1.165) is 25.3 Å². The van der Waals surface area contributed by atoms with Crippen molar-refractivity contribution in [3.63, 3.8) is 0 Å². The van der Waals surface area contributed by atoms with Crippen molar-refractivity contribution < 1.29 is 26.7 Å². The molecule has 2 aromatic carbocycles. The lowest BCUT2D eigenvalue weighted by Crippen LogP contribution is -2.38. The molecule has 9 heteroatoms. The van der Waals surface area contributed by atoms with Gasteiger partial charge in [-0.25, -0.2) is 21.5 Å². The number of ketones is 1. The minimum atomic E-state index is -3.16. The molecule has 0 radical (unpaired) electrons. The molecule has 0 N–H and O–H groups in total. The molecule has 0 atom stereocenters. The van der Waals surface area contributed by atoms with E-state index in [1.807, 2.05) is 0 Å². The highest BCUT2D eigenvalue weighted by Crippen LogP contribution is 2.43. The molecule has 2 aliphatic rings. The van der Waals surface area contributed by atoms with Crippen LogP contribution in [0.15, 0.2) is 60.9 Å². The Labute approximate surface area is 214 Å². The Morgan fingerprint density at radius 3 is 2.35 bits per heavy atom. The number of carbonyl (C=O) groups is 1. The number of nitrogens with zero attached hydrogens (tertiary/aromatic N) is 2. The smallest absolute Gasteiger partial charge is 0.211 e. The van der Waals surface area contributed by atoms with Gasteiger partial charge in [0, 0.05) is 53.8 Å². The molecule has 1 fully saturated rings. The predicted molar refractivity (Wildman–Crippen MR) is 137 cm³/mol. The summed E-state index contributed by atoms with van der Waals surface area (Å²) in [6.45, 7) is 1.47. The number of hydrogen-bond acceptors (Lipinski definition) is 5. The zero-order valence-electron chi connectivity index (χ0n) is 20.3. The number of fused-ring (bicyclic) bond motifs is 1. The average molecular weight is 525 g/mol. The van der Waals surface area contributed by atoms with E-state index >= 15 is 0 Å². The van der Waals surface area contributed by atoms with Gasteiger partial charge in [0.05, 0.1) is 12.9 Å². The van der Waals surface area contributed by atoms with Crippen LogP contribution in [0, 0.1) is 17.6 Å². The van der Waals surface area contributed by atoms with E-state index < -0.39 is 21.7 Å². The summed E-state index contributed by atoms with van der Waals surface area (Å²) in [4.78, 5) is 17.7. The fourth-order valence-electron chi connectivity index (χ4n) is 5.06. The third-order valence-corrected chi connectivity index (χ3v) is 8.22. The molecule has 6 nitrogen and oxygen atoms in total. The molecular weight excluding hydrogens is 498 g/mol. The van der Waals surface area contributed by atoms with Gasteiger partial charge >= 0.3 is 0 Å². The molecule has 0 saturated carbocycles. The lowest BCUT2D eigenvalue weighted by atomic mass is 9.94. The zero-order valence-corrected chi connectivity index (χ0v) is 21.1. The first-order valence-corrected chi connectivity index (χ1v) is 13.9. The van der Waals surface area contributed by atoms with E-state index in [9.17, 15) is 22.0 Å². The van der Waals surface area contributed by atoms with Crippen LogP contribution in [-0.4, -0.2) is 49.4 Å². The molecule has 0 amide bonds. The fraction of sp³-hybridized carbons (Fsp3) is 0.286. The molecule has 0 bridgehead atoms. The van der Waals surface area contributed by atoms with Crippen LogP contribution in [0.4, 0.5) is 8.78 Å². The SMILES string of the molecule is CS(=O)(=O)N1CCC(CCOc2ccc3c(c2)C(=O)C(c2cccnc2)=C3c2cc(F)cc(F)c2)CC1. The number of halogens is 2.